The Morgan fingerprint density at radius 1 is 1.07 bits per heavy atom. The number of imidazole rings is 1. The fourth-order valence-electron chi connectivity index (χ4n) is 3.09. The number of aromatic nitrogens is 2. The summed E-state index contributed by atoms with van der Waals surface area (Å²) in [5, 5.41) is 6.91. The van der Waals surface area contributed by atoms with Crippen molar-refractivity contribution in [2.24, 2.45) is 10.9 Å². The third-order valence-corrected chi connectivity index (χ3v) is 5.24. The summed E-state index contributed by atoms with van der Waals surface area (Å²) < 4.78 is 2.07. The maximum Gasteiger partial charge on any atom is 0.191 e. The van der Waals surface area contributed by atoms with Crippen LogP contribution in [0.3, 0.4) is 0 Å². The molecule has 3 aromatic rings. The molecule has 5 heteroatoms. The summed E-state index contributed by atoms with van der Waals surface area (Å²) in [6, 6.07) is 17.6. The highest BCUT2D eigenvalue weighted by molar-refractivity contribution is 5.80. The Labute approximate surface area is 173 Å². The molecule has 152 valence electrons. The summed E-state index contributed by atoms with van der Waals surface area (Å²) in [5.74, 6) is 1.37. The van der Waals surface area contributed by atoms with E-state index in [4.69, 9.17) is 0 Å². The minimum Gasteiger partial charge on any atom is -0.354 e. The number of hydrogen-bond acceptors (Lipinski definition) is 2. The van der Waals surface area contributed by atoms with Gasteiger partial charge in [0, 0.05) is 38.6 Å². The van der Waals surface area contributed by atoms with Crippen molar-refractivity contribution in [2.45, 2.75) is 39.9 Å². The molecule has 1 aromatic heterocycles. The van der Waals surface area contributed by atoms with E-state index in [1.54, 1.807) is 0 Å². The van der Waals surface area contributed by atoms with E-state index in [1.807, 2.05) is 25.8 Å². The monoisotopic (exact) mass is 389 g/mol. The van der Waals surface area contributed by atoms with Crippen molar-refractivity contribution in [3.8, 4) is 11.1 Å². The maximum atomic E-state index is 4.36. The highest BCUT2D eigenvalue weighted by atomic mass is 15.2. The zero-order valence-corrected chi connectivity index (χ0v) is 17.8. The highest BCUT2D eigenvalue weighted by Crippen LogP contribution is 2.24. The summed E-state index contributed by atoms with van der Waals surface area (Å²) in [4.78, 5) is 8.47. The Hall–Kier alpha value is -3.08. The van der Waals surface area contributed by atoms with Crippen molar-refractivity contribution in [1.29, 1.82) is 0 Å². The fourth-order valence-corrected chi connectivity index (χ4v) is 3.09. The lowest BCUT2D eigenvalue weighted by Gasteiger charge is -2.21. The lowest BCUT2D eigenvalue weighted by atomic mass is 9.98. The molecule has 2 aromatic carbocycles. The number of benzene rings is 2. The Bertz CT molecular complexity index is 911. The van der Waals surface area contributed by atoms with Crippen molar-refractivity contribution in [1.82, 2.24) is 20.2 Å². The van der Waals surface area contributed by atoms with Crippen LogP contribution < -0.4 is 10.6 Å². The Morgan fingerprint density at radius 2 is 1.83 bits per heavy atom. The highest BCUT2D eigenvalue weighted by Gasteiger charge is 2.10. The van der Waals surface area contributed by atoms with E-state index in [2.05, 4.69) is 94.5 Å². The van der Waals surface area contributed by atoms with Crippen LogP contribution in [0, 0.1) is 5.92 Å². The molecule has 0 bridgehead atoms. The predicted octanol–water partition coefficient (Wildman–Crippen LogP) is 4.31. The summed E-state index contributed by atoms with van der Waals surface area (Å²) in [7, 11) is 1.81. The summed E-state index contributed by atoms with van der Waals surface area (Å²) in [5.41, 5.74) is 4.96. The van der Waals surface area contributed by atoms with Gasteiger partial charge in [-0.1, -0.05) is 62.4 Å². The molecule has 1 atom stereocenters. The lowest BCUT2D eigenvalue weighted by Crippen LogP contribution is -2.43. The molecule has 5 nitrogen and oxygen atoms in total. The maximum absolute atomic E-state index is 4.36. The van der Waals surface area contributed by atoms with Gasteiger partial charge in [0.2, 0.25) is 0 Å². The summed E-state index contributed by atoms with van der Waals surface area (Å²) in [6.45, 7) is 8.14. The van der Waals surface area contributed by atoms with Gasteiger partial charge < -0.3 is 15.2 Å². The summed E-state index contributed by atoms with van der Waals surface area (Å²) in [6.07, 6.45) is 5.63. The first-order valence-corrected chi connectivity index (χ1v) is 10.2. The normalized spacial score (nSPS) is 12.8. The SMILES string of the molecule is CN=C(NCc1ccccc1-c1ccc(Cn2ccnc2)cc1)NC(C)C(C)C. The van der Waals surface area contributed by atoms with Crippen molar-refractivity contribution in [2.75, 3.05) is 7.05 Å². The molecule has 1 unspecified atom stereocenters. The number of hydrogen-bond donors (Lipinski definition) is 2. The quantitative estimate of drug-likeness (QED) is 0.468. The van der Waals surface area contributed by atoms with Crippen LogP contribution in [0.2, 0.25) is 0 Å². The standard InChI is InChI=1S/C24H31N5/c1-18(2)19(3)28-24(25-4)27-15-22-7-5-6-8-23(22)21-11-9-20(10-12-21)16-29-14-13-26-17-29/h5-14,17-19H,15-16H2,1-4H3,(H2,25,27,28). The molecule has 0 saturated carbocycles. The van der Waals surface area contributed by atoms with Crippen LogP contribution in [0.1, 0.15) is 31.9 Å². The molecule has 1 heterocycles. The number of nitrogens with one attached hydrogen (secondary N) is 2. The average molecular weight is 390 g/mol. The minimum absolute atomic E-state index is 0.361. The van der Waals surface area contributed by atoms with Crippen LogP contribution in [0.5, 0.6) is 0 Å². The van der Waals surface area contributed by atoms with Crippen LogP contribution in [-0.4, -0.2) is 28.6 Å². The molecular weight excluding hydrogens is 358 g/mol. The van der Waals surface area contributed by atoms with E-state index in [0.29, 0.717) is 12.0 Å². The van der Waals surface area contributed by atoms with Crippen molar-refractivity contribution < 1.29 is 0 Å². The number of nitrogens with zero attached hydrogens (tertiary/aromatic N) is 3. The first kappa shape index (κ1) is 20.6. The van der Waals surface area contributed by atoms with E-state index < -0.39 is 0 Å². The van der Waals surface area contributed by atoms with Gasteiger partial charge in [-0.25, -0.2) is 4.98 Å². The van der Waals surface area contributed by atoms with E-state index in [9.17, 15) is 0 Å². The molecule has 0 fully saturated rings. The van der Waals surface area contributed by atoms with E-state index in [0.717, 1.165) is 19.0 Å². The van der Waals surface area contributed by atoms with Gasteiger partial charge in [-0.3, -0.25) is 4.99 Å². The van der Waals surface area contributed by atoms with Crippen molar-refractivity contribution in [3.63, 3.8) is 0 Å². The molecule has 2 N–H and O–H groups in total. The Kier molecular flexibility index (Phi) is 7.06. The van der Waals surface area contributed by atoms with Gasteiger partial charge in [0.1, 0.15) is 0 Å². The minimum atomic E-state index is 0.361. The van der Waals surface area contributed by atoms with E-state index >= 15 is 0 Å². The number of aliphatic imine (C=N–C) groups is 1. The third kappa shape index (κ3) is 5.70. The third-order valence-electron chi connectivity index (χ3n) is 5.24. The molecular formula is C24H31N5. The molecule has 0 spiro atoms. The molecule has 0 aliphatic carbocycles. The van der Waals surface area contributed by atoms with Gasteiger partial charge in [0.25, 0.3) is 0 Å². The largest absolute Gasteiger partial charge is 0.354 e. The number of guanidine groups is 1. The molecule has 29 heavy (non-hydrogen) atoms. The molecule has 0 amide bonds. The molecule has 0 radical (unpaired) electrons. The van der Waals surface area contributed by atoms with Crippen molar-refractivity contribution in [3.05, 3.63) is 78.4 Å². The second-order valence-corrected chi connectivity index (χ2v) is 7.69. The molecule has 0 aliphatic rings. The van der Waals surface area contributed by atoms with Crippen LogP contribution in [0.25, 0.3) is 11.1 Å². The van der Waals surface area contributed by atoms with E-state index in [-0.39, 0.29) is 0 Å². The number of rotatable bonds is 7. The first-order chi connectivity index (χ1) is 14.1. The Balaban J connectivity index is 1.70. The van der Waals surface area contributed by atoms with Gasteiger partial charge >= 0.3 is 0 Å². The second-order valence-electron chi connectivity index (χ2n) is 7.69. The van der Waals surface area contributed by atoms with Crippen LogP contribution >= 0.6 is 0 Å². The fraction of sp³-hybridized carbons (Fsp3) is 0.333. The summed E-state index contributed by atoms with van der Waals surface area (Å²) >= 11 is 0. The van der Waals surface area contributed by atoms with Gasteiger partial charge in [-0.2, -0.15) is 0 Å². The predicted molar refractivity (Wildman–Crippen MR) is 121 cm³/mol. The van der Waals surface area contributed by atoms with Gasteiger partial charge in [-0.05, 0) is 35.1 Å². The first-order valence-electron chi connectivity index (χ1n) is 10.2. The second kappa shape index (κ2) is 9.92. The van der Waals surface area contributed by atoms with Gasteiger partial charge in [0.15, 0.2) is 5.96 Å². The van der Waals surface area contributed by atoms with Crippen LogP contribution in [0.4, 0.5) is 0 Å². The van der Waals surface area contributed by atoms with Gasteiger partial charge in [0.05, 0.1) is 6.33 Å². The molecule has 0 aliphatic heterocycles. The molecule has 0 saturated heterocycles. The van der Waals surface area contributed by atoms with E-state index in [1.165, 1.54) is 22.3 Å². The topological polar surface area (TPSA) is 54.2 Å². The van der Waals surface area contributed by atoms with Gasteiger partial charge in [-0.15, -0.1) is 0 Å². The average Bonchev–Trinajstić information content (AvgIpc) is 3.24. The van der Waals surface area contributed by atoms with Crippen LogP contribution in [-0.2, 0) is 13.1 Å². The lowest BCUT2D eigenvalue weighted by molar-refractivity contribution is 0.481. The smallest absolute Gasteiger partial charge is 0.191 e. The molecule has 3 rings (SSSR count). The zero-order chi connectivity index (χ0) is 20.6. The van der Waals surface area contributed by atoms with Crippen LogP contribution in [0.15, 0.2) is 72.2 Å². The zero-order valence-electron chi connectivity index (χ0n) is 17.8. The van der Waals surface area contributed by atoms with Crippen molar-refractivity contribution >= 4 is 5.96 Å². The Morgan fingerprint density at radius 3 is 2.48 bits per heavy atom.